The molecule has 0 saturated carbocycles. The zero-order valence-electron chi connectivity index (χ0n) is 11.7. The van der Waals surface area contributed by atoms with Gasteiger partial charge in [0.05, 0.1) is 0 Å². The van der Waals surface area contributed by atoms with Gasteiger partial charge >= 0.3 is 6.03 Å². The summed E-state index contributed by atoms with van der Waals surface area (Å²) in [7, 11) is 0. The topological polar surface area (TPSA) is 32.3 Å². The van der Waals surface area contributed by atoms with Gasteiger partial charge in [0.1, 0.15) is 0 Å². The molecule has 0 aromatic heterocycles. The van der Waals surface area contributed by atoms with Gasteiger partial charge in [0, 0.05) is 23.8 Å². The number of anilines is 1. The van der Waals surface area contributed by atoms with E-state index in [-0.39, 0.29) is 6.03 Å². The summed E-state index contributed by atoms with van der Waals surface area (Å²) >= 11 is 5.95. The lowest BCUT2D eigenvalue weighted by Gasteiger charge is -2.18. The van der Waals surface area contributed by atoms with E-state index >= 15 is 0 Å². The summed E-state index contributed by atoms with van der Waals surface area (Å²) < 4.78 is 0. The molecule has 2 aromatic carbocycles. The minimum atomic E-state index is -0.0259. The molecular weight excluding hydrogens is 284 g/mol. The predicted molar refractivity (Wildman–Crippen MR) is 86.0 cm³/mol. The first-order chi connectivity index (χ1) is 10.2. The second-order valence-electron chi connectivity index (χ2n) is 5.14. The Kier molecular flexibility index (Phi) is 4.11. The van der Waals surface area contributed by atoms with Gasteiger partial charge in [-0.25, -0.2) is 4.79 Å². The highest BCUT2D eigenvalue weighted by molar-refractivity contribution is 6.30. The van der Waals surface area contributed by atoms with Crippen molar-refractivity contribution in [2.45, 2.75) is 12.8 Å². The molecule has 1 aliphatic rings. The number of para-hydroxylation sites is 1. The molecule has 2 aromatic rings. The number of carbonyl (C=O) groups is 1. The van der Waals surface area contributed by atoms with Gasteiger partial charge in [-0.3, -0.25) is 4.90 Å². The van der Waals surface area contributed by atoms with Crippen molar-refractivity contribution in [3.63, 3.8) is 0 Å². The number of hydrogen-bond donors (Lipinski definition) is 1. The van der Waals surface area contributed by atoms with Crippen molar-refractivity contribution in [3.8, 4) is 0 Å². The van der Waals surface area contributed by atoms with Crippen molar-refractivity contribution in [1.29, 1.82) is 0 Å². The van der Waals surface area contributed by atoms with E-state index in [1.165, 1.54) is 5.56 Å². The molecule has 108 valence electrons. The molecule has 3 rings (SSSR count). The van der Waals surface area contributed by atoms with Crippen LogP contribution in [0.5, 0.6) is 0 Å². The molecule has 0 spiro atoms. The van der Waals surface area contributed by atoms with Crippen LogP contribution in [0.1, 0.15) is 11.1 Å². The molecule has 0 atom stereocenters. The van der Waals surface area contributed by atoms with Crippen molar-refractivity contribution >= 4 is 23.3 Å². The van der Waals surface area contributed by atoms with Crippen molar-refractivity contribution < 1.29 is 4.79 Å². The maximum Gasteiger partial charge on any atom is 0.321 e. The fraction of sp³-hybridized carbons (Fsp3) is 0.235. The quantitative estimate of drug-likeness (QED) is 0.922. The molecule has 21 heavy (non-hydrogen) atoms. The largest absolute Gasteiger partial charge is 0.337 e. The molecule has 0 bridgehead atoms. The highest BCUT2D eigenvalue weighted by atomic mass is 35.5. The lowest BCUT2D eigenvalue weighted by atomic mass is 10.1. The van der Waals surface area contributed by atoms with Gasteiger partial charge in [-0.2, -0.15) is 0 Å². The van der Waals surface area contributed by atoms with E-state index in [2.05, 4.69) is 11.4 Å². The van der Waals surface area contributed by atoms with E-state index in [1.54, 1.807) is 0 Å². The summed E-state index contributed by atoms with van der Waals surface area (Å²) in [6.07, 6.45) is 1.71. The number of halogens is 1. The predicted octanol–water partition coefficient (Wildman–Crippen LogP) is 3.65. The van der Waals surface area contributed by atoms with Crippen LogP contribution in [-0.4, -0.2) is 19.1 Å². The van der Waals surface area contributed by atoms with E-state index in [0.717, 1.165) is 35.7 Å². The number of rotatable bonds is 3. The van der Waals surface area contributed by atoms with Gasteiger partial charge in [0.2, 0.25) is 0 Å². The Morgan fingerprint density at radius 3 is 2.90 bits per heavy atom. The first kappa shape index (κ1) is 14.0. The molecule has 0 unspecified atom stereocenters. The standard InChI is InChI=1S/C17H17ClN2O/c18-15-6-3-4-13(12-15)8-10-19-17(21)20-11-9-14-5-1-2-7-16(14)20/h1-7,12H,8-11H2,(H,19,21). The third-order valence-electron chi connectivity index (χ3n) is 3.71. The van der Waals surface area contributed by atoms with Gasteiger partial charge in [-0.15, -0.1) is 0 Å². The molecule has 1 heterocycles. The number of benzene rings is 2. The van der Waals surface area contributed by atoms with Crippen LogP contribution in [0.25, 0.3) is 0 Å². The zero-order chi connectivity index (χ0) is 14.7. The molecule has 0 saturated heterocycles. The van der Waals surface area contributed by atoms with Crippen LogP contribution in [0.4, 0.5) is 10.5 Å². The van der Waals surface area contributed by atoms with Crippen molar-refractivity contribution in [2.24, 2.45) is 0 Å². The summed E-state index contributed by atoms with van der Waals surface area (Å²) in [6.45, 7) is 1.36. The van der Waals surface area contributed by atoms with Gasteiger partial charge < -0.3 is 5.32 Å². The highest BCUT2D eigenvalue weighted by Gasteiger charge is 2.23. The molecule has 2 amide bonds. The Balaban J connectivity index is 1.56. The lowest BCUT2D eigenvalue weighted by Crippen LogP contribution is -2.39. The Morgan fingerprint density at radius 1 is 1.19 bits per heavy atom. The smallest absolute Gasteiger partial charge is 0.321 e. The number of nitrogens with zero attached hydrogens (tertiary/aromatic N) is 1. The summed E-state index contributed by atoms with van der Waals surface area (Å²) in [5.74, 6) is 0. The minimum absolute atomic E-state index is 0.0259. The molecule has 0 fully saturated rings. The molecule has 3 nitrogen and oxygen atoms in total. The highest BCUT2D eigenvalue weighted by Crippen LogP contribution is 2.27. The zero-order valence-corrected chi connectivity index (χ0v) is 12.4. The number of amides is 2. The Hall–Kier alpha value is -2.00. The van der Waals surface area contributed by atoms with Crippen LogP contribution in [-0.2, 0) is 12.8 Å². The monoisotopic (exact) mass is 300 g/mol. The van der Waals surface area contributed by atoms with Crippen LogP contribution in [0.2, 0.25) is 5.02 Å². The summed E-state index contributed by atoms with van der Waals surface area (Å²) in [5.41, 5.74) is 3.39. The van der Waals surface area contributed by atoms with Gasteiger partial charge in [-0.05, 0) is 42.2 Å². The first-order valence-corrected chi connectivity index (χ1v) is 7.49. The number of carbonyl (C=O) groups excluding carboxylic acids is 1. The maximum absolute atomic E-state index is 12.3. The fourth-order valence-electron chi connectivity index (χ4n) is 2.65. The average molecular weight is 301 g/mol. The number of hydrogen-bond acceptors (Lipinski definition) is 1. The maximum atomic E-state index is 12.3. The Bertz CT molecular complexity index is 657. The van der Waals surface area contributed by atoms with Crippen molar-refractivity contribution in [1.82, 2.24) is 5.32 Å². The summed E-state index contributed by atoms with van der Waals surface area (Å²) in [6, 6.07) is 15.8. The lowest BCUT2D eigenvalue weighted by molar-refractivity contribution is 0.247. The van der Waals surface area contributed by atoms with Crippen molar-refractivity contribution in [3.05, 3.63) is 64.7 Å². The normalized spacial score (nSPS) is 13.1. The molecule has 1 aliphatic heterocycles. The molecule has 4 heteroatoms. The van der Waals surface area contributed by atoms with E-state index in [1.807, 2.05) is 47.4 Å². The summed E-state index contributed by atoms with van der Waals surface area (Å²) in [5, 5.41) is 3.71. The van der Waals surface area contributed by atoms with Crippen LogP contribution in [0.15, 0.2) is 48.5 Å². The third kappa shape index (κ3) is 3.19. The van der Waals surface area contributed by atoms with Crippen LogP contribution < -0.4 is 10.2 Å². The first-order valence-electron chi connectivity index (χ1n) is 7.12. The molecule has 0 aliphatic carbocycles. The molecule has 1 N–H and O–H groups in total. The Labute approximate surface area is 129 Å². The van der Waals surface area contributed by atoms with E-state index in [9.17, 15) is 4.79 Å². The van der Waals surface area contributed by atoms with Gasteiger partial charge in [-0.1, -0.05) is 41.9 Å². The number of nitrogens with one attached hydrogen (secondary N) is 1. The molecule has 0 radical (unpaired) electrons. The second kappa shape index (κ2) is 6.19. The van der Waals surface area contributed by atoms with E-state index in [0.29, 0.717) is 6.54 Å². The second-order valence-corrected chi connectivity index (χ2v) is 5.58. The molecular formula is C17H17ClN2O. The number of fused-ring (bicyclic) bond motifs is 1. The van der Waals surface area contributed by atoms with E-state index < -0.39 is 0 Å². The van der Waals surface area contributed by atoms with Gasteiger partial charge in [0.15, 0.2) is 0 Å². The van der Waals surface area contributed by atoms with Gasteiger partial charge in [0.25, 0.3) is 0 Å². The third-order valence-corrected chi connectivity index (χ3v) is 3.95. The minimum Gasteiger partial charge on any atom is -0.337 e. The number of urea groups is 1. The SMILES string of the molecule is O=C(NCCc1cccc(Cl)c1)N1CCc2ccccc21. The van der Waals surface area contributed by atoms with Crippen LogP contribution in [0, 0.1) is 0 Å². The Morgan fingerprint density at radius 2 is 2.05 bits per heavy atom. The van der Waals surface area contributed by atoms with Crippen LogP contribution >= 0.6 is 11.6 Å². The van der Waals surface area contributed by atoms with E-state index in [4.69, 9.17) is 11.6 Å². The van der Waals surface area contributed by atoms with Crippen molar-refractivity contribution in [2.75, 3.05) is 18.0 Å². The van der Waals surface area contributed by atoms with Crippen LogP contribution in [0.3, 0.4) is 0 Å². The fourth-order valence-corrected chi connectivity index (χ4v) is 2.86. The average Bonchev–Trinajstić information content (AvgIpc) is 2.91. The summed E-state index contributed by atoms with van der Waals surface area (Å²) in [4.78, 5) is 14.1.